The molecule has 67 valence electrons. The molecule has 0 N–H and O–H groups in total. The highest BCUT2D eigenvalue weighted by Crippen LogP contribution is 2.20. The van der Waals surface area contributed by atoms with Crippen molar-refractivity contribution in [2.75, 3.05) is 11.7 Å². The summed E-state index contributed by atoms with van der Waals surface area (Å²) in [5.74, 6) is 0.419. The van der Waals surface area contributed by atoms with Gasteiger partial charge in [0.05, 0.1) is 13.0 Å². The Hall–Kier alpha value is -1.42. The zero-order valence-corrected chi connectivity index (χ0v) is 7.23. The van der Waals surface area contributed by atoms with E-state index in [0.717, 1.165) is 5.56 Å². The van der Waals surface area contributed by atoms with E-state index in [1.807, 2.05) is 19.1 Å². The maximum absolute atomic E-state index is 11.2. The van der Waals surface area contributed by atoms with Crippen molar-refractivity contribution in [1.82, 2.24) is 4.98 Å². The van der Waals surface area contributed by atoms with Crippen LogP contribution in [0.5, 0.6) is 0 Å². The first-order valence-electron chi connectivity index (χ1n) is 4.01. The molecular weight excluding hydrogens is 168 g/mol. The average Bonchev–Trinajstić information content (AvgIpc) is 2.52. The highest BCUT2D eigenvalue weighted by molar-refractivity contribution is 5.99. The summed E-state index contributed by atoms with van der Waals surface area (Å²) in [6, 6.07) is 3.71. The molecule has 1 aromatic rings. The molecule has 0 aliphatic carbocycles. The van der Waals surface area contributed by atoms with Gasteiger partial charge < -0.3 is 0 Å². The smallest absolute Gasteiger partial charge is 0.258 e. The number of hydroxylamine groups is 1. The van der Waals surface area contributed by atoms with Gasteiger partial charge in [-0.1, -0.05) is 6.07 Å². The summed E-state index contributed by atoms with van der Waals surface area (Å²) in [7, 11) is 0. The van der Waals surface area contributed by atoms with E-state index in [4.69, 9.17) is 4.84 Å². The molecule has 1 amide bonds. The van der Waals surface area contributed by atoms with Gasteiger partial charge >= 0.3 is 0 Å². The number of anilines is 1. The number of aryl methyl sites for hydroxylation is 1. The van der Waals surface area contributed by atoms with E-state index in [2.05, 4.69) is 4.98 Å². The van der Waals surface area contributed by atoms with Crippen LogP contribution in [0.25, 0.3) is 0 Å². The lowest BCUT2D eigenvalue weighted by Crippen LogP contribution is -2.24. The van der Waals surface area contributed by atoms with E-state index >= 15 is 0 Å². The molecule has 4 heteroatoms. The van der Waals surface area contributed by atoms with Gasteiger partial charge in [0.1, 0.15) is 0 Å². The molecule has 0 aromatic carbocycles. The average molecular weight is 177 g/mol. The molecular formula is C9H9N2O2. The Bertz CT molecular complexity index is 338. The van der Waals surface area contributed by atoms with Crippen molar-refractivity contribution in [2.24, 2.45) is 0 Å². The summed E-state index contributed by atoms with van der Waals surface area (Å²) in [6.07, 6.45) is 3.12. The SMILES string of the molecule is Cc1cccnc1N1OC[CH]C1=O. The number of pyridine rings is 1. The van der Waals surface area contributed by atoms with Crippen molar-refractivity contribution in [1.29, 1.82) is 0 Å². The summed E-state index contributed by atoms with van der Waals surface area (Å²) in [6.45, 7) is 2.21. The lowest BCUT2D eigenvalue weighted by molar-refractivity contribution is -0.117. The fourth-order valence-corrected chi connectivity index (χ4v) is 1.19. The first-order valence-corrected chi connectivity index (χ1v) is 4.01. The molecule has 1 aliphatic rings. The molecule has 4 nitrogen and oxygen atoms in total. The van der Waals surface area contributed by atoms with Gasteiger partial charge in [-0.2, -0.15) is 5.06 Å². The minimum absolute atomic E-state index is 0.151. The molecule has 0 atom stereocenters. The molecule has 1 aromatic heterocycles. The Morgan fingerprint density at radius 1 is 1.62 bits per heavy atom. The van der Waals surface area contributed by atoms with Gasteiger partial charge in [-0.15, -0.1) is 0 Å². The third kappa shape index (κ3) is 1.40. The Balaban J connectivity index is 2.34. The second kappa shape index (κ2) is 3.14. The normalized spacial score (nSPS) is 16.7. The van der Waals surface area contributed by atoms with Gasteiger partial charge in [-0.3, -0.25) is 9.63 Å². The van der Waals surface area contributed by atoms with Gasteiger partial charge in [0, 0.05) is 6.20 Å². The van der Waals surface area contributed by atoms with Crippen molar-refractivity contribution < 1.29 is 9.63 Å². The monoisotopic (exact) mass is 177 g/mol. The maximum Gasteiger partial charge on any atom is 0.258 e. The van der Waals surface area contributed by atoms with Gasteiger partial charge in [-0.25, -0.2) is 4.98 Å². The highest BCUT2D eigenvalue weighted by Gasteiger charge is 2.25. The van der Waals surface area contributed by atoms with Crippen LogP contribution >= 0.6 is 0 Å². The number of carbonyl (C=O) groups is 1. The van der Waals surface area contributed by atoms with Crippen LogP contribution in [0.15, 0.2) is 18.3 Å². The van der Waals surface area contributed by atoms with E-state index in [1.54, 1.807) is 6.20 Å². The van der Waals surface area contributed by atoms with Crippen LogP contribution in [-0.2, 0) is 9.63 Å². The minimum atomic E-state index is -0.151. The summed E-state index contributed by atoms with van der Waals surface area (Å²) in [5, 5.41) is 1.22. The minimum Gasteiger partial charge on any atom is -0.272 e. The lowest BCUT2D eigenvalue weighted by atomic mass is 10.3. The molecule has 2 rings (SSSR count). The molecule has 2 heterocycles. The van der Waals surface area contributed by atoms with E-state index in [-0.39, 0.29) is 5.91 Å². The van der Waals surface area contributed by atoms with Crippen molar-refractivity contribution in [2.45, 2.75) is 6.92 Å². The Morgan fingerprint density at radius 2 is 2.46 bits per heavy atom. The Labute approximate surface area is 76.1 Å². The van der Waals surface area contributed by atoms with Gasteiger partial charge in [0.15, 0.2) is 5.82 Å². The third-order valence-corrected chi connectivity index (χ3v) is 1.84. The van der Waals surface area contributed by atoms with Crippen LogP contribution in [0, 0.1) is 13.3 Å². The molecule has 1 saturated heterocycles. The molecule has 0 spiro atoms. The van der Waals surface area contributed by atoms with Gasteiger partial charge in [-0.05, 0) is 18.6 Å². The molecule has 13 heavy (non-hydrogen) atoms. The van der Waals surface area contributed by atoms with Crippen LogP contribution < -0.4 is 5.06 Å². The second-order valence-corrected chi connectivity index (χ2v) is 2.78. The number of aromatic nitrogens is 1. The number of carbonyl (C=O) groups excluding carboxylic acids is 1. The molecule has 0 bridgehead atoms. The van der Waals surface area contributed by atoms with Crippen LogP contribution in [0.4, 0.5) is 5.82 Å². The summed E-state index contributed by atoms with van der Waals surface area (Å²) >= 11 is 0. The fraction of sp³-hybridized carbons (Fsp3) is 0.222. The number of nitrogens with zero attached hydrogens (tertiary/aromatic N) is 2. The number of hydrogen-bond acceptors (Lipinski definition) is 3. The van der Waals surface area contributed by atoms with Crippen molar-refractivity contribution in [3.05, 3.63) is 30.3 Å². The predicted octanol–water partition coefficient (Wildman–Crippen LogP) is 0.873. The summed E-state index contributed by atoms with van der Waals surface area (Å²) in [5.41, 5.74) is 0.922. The molecule has 0 saturated carbocycles. The second-order valence-electron chi connectivity index (χ2n) is 2.78. The van der Waals surface area contributed by atoms with E-state index in [1.165, 1.54) is 11.5 Å². The summed E-state index contributed by atoms with van der Waals surface area (Å²) < 4.78 is 0. The zero-order valence-electron chi connectivity index (χ0n) is 7.23. The number of hydrogen-bond donors (Lipinski definition) is 0. The molecule has 1 radical (unpaired) electrons. The molecule has 0 unspecified atom stereocenters. The largest absolute Gasteiger partial charge is 0.272 e. The molecule has 1 fully saturated rings. The Morgan fingerprint density at radius 3 is 3.08 bits per heavy atom. The van der Waals surface area contributed by atoms with E-state index in [9.17, 15) is 4.79 Å². The zero-order chi connectivity index (χ0) is 9.26. The van der Waals surface area contributed by atoms with Gasteiger partial charge in [0.25, 0.3) is 5.91 Å². The van der Waals surface area contributed by atoms with Crippen molar-refractivity contribution >= 4 is 11.7 Å². The third-order valence-electron chi connectivity index (χ3n) is 1.84. The predicted molar refractivity (Wildman–Crippen MR) is 46.7 cm³/mol. The van der Waals surface area contributed by atoms with E-state index < -0.39 is 0 Å². The standard InChI is InChI=1S/C9H9N2O2/c1-7-3-2-5-10-9(7)11-8(12)4-6-13-11/h2-5H,6H2,1H3. The van der Waals surface area contributed by atoms with Crippen molar-refractivity contribution in [3.8, 4) is 0 Å². The highest BCUT2D eigenvalue weighted by atomic mass is 16.7. The Kier molecular flexibility index (Phi) is 1.98. The number of amides is 1. The van der Waals surface area contributed by atoms with Crippen LogP contribution in [0.3, 0.4) is 0 Å². The first-order chi connectivity index (χ1) is 6.29. The van der Waals surface area contributed by atoms with Crippen LogP contribution in [0.2, 0.25) is 0 Å². The fourth-order valence-electron chi connectivity index (χ4n) is 1.19. The van der Waals surface area contributed by atoms with Gasteiger partial charge in [0.2, 0.25) is 0 Å². The summed E-state index contributed by atoms with van der Waals surface area (Å²) in [4.78, 5) is 20.4. The molecule has 1 aliphatic heterocycles. The van der Waals surface area contributed by atoms with Crippen LogP contribution in [0.1, 0.15) is 5.56 Å². The van der Waals surface area contributed by atoms with Crippen LogP contribution in [-0.4, -0.2) is 17.5 Å². The topological polar surface area (TPSA) is 42.4 Å². The quantitative estimate of drug-likeness (QED) is 0.639. The first kappa shape index (κ1) is 8.19. The van der Waals surface area contributed by atoms with E-state index in [0.29, 0.717) is 12.4 Å². The maximum atomic E-state index is 11.2. The lowest BCUT2D eigenvalue weighted by Gasteiger charge is -2.14. The van der Waals surface area contributed by atoms with Crippen molar-refractivity contribution in [3.63, 3.8) is 0 Å². The number of rotatable bonds is 1.